The average molecular weight is 294 g/mol. The van der Waals surface area contributed by atoms with Crippen LogP contribution in [0, 0.1) is 0 Å². The Labute approximate surface area is 121 Å². The topological polar surface area (TPSA) is 74.0 Å². The van der Waals surface area contributed by atoms with Crippen molar-refractivity contribution >= 4 is 34.3 Å². The molecule has 20 heavy (non-hydrogen) atoms. The molecule has 0 saturated heterocycles. The minimum Gasteiger partial charge on any atom is -0.361 e. The van der Waals surface area contributed by atoms with Crippen LogP contribution in [0.1, 0.15) is 12.5 Å². The highest BCUT2D eigenvalue weighted by Crippen LogP contribution is 2.22. The largest absolute Gasteiger partial charge is 0.361 e. The zero-order chi connectivity index (χ0) is 14.5. The molecule has 0 spiro atoms. The van der Waals surface area contributed by atoms with Gasteiger partial charge in [0.2, 0.25) is 11.8 Å². The quantitative estimate of drug-likeness (QED) is 0.733. The maximum absolute atomic E-state index is 11.8. The number of carbonyl (C=O) groups excluding carboxylic acids is 2. The lowest BCUT2D eigenvalue weighted by molar-refractivity contribution is -0.121. The fourth-order valence-electron chi connectivity index (χ4n) is 1.97. The standard InChI is InChI=1S/C14H16ClN3O2/c1-9(19)16-4-5-17-14(20)6-10-8-18-13-3-2-11(15)7-12(10)13/h2-3,7-8,18H,4-6H2,1H3,(H,16,19)(H,17,20). The first-order valence-corrected chi connectivity index (χ1v) is 6.70. The van der Waals surface area contributed by atoms with Gasteiger partial charge in [-0.25, -0.2) is 0 Å². The minimum absolute atomic E-state index is 0.0868. The first-order chi connectivity index (χ1) is 9.56. The van der Waals surface area contributed by atoms with E-state index in [0.29, 0.717) is 18.1 Å². The van der Waals surface area contributed by atoms with Crippen molar-refractivity contribution in [3.8, 4) is 0 Å². The molecule has 0 atom stereocenters. The summed E-state index contributed by atoms with van der Waals surface area (Å²) in [6.07, 6.45) is 2.09. The molecule has 2 aromatic rings. The summed E-state index contributed by atoms with van der Waals surface area (Å²) in [5.41, 5.74) is 1.86. The van der Waals surface area contributed by atoms with Crippen LogP contribution in [0.2, 0.25) is 5.02 Å². The molecule has 0 radical (unpaired) electrons. The number of halogens is 1. The lowest BCUT2D eigenvalue weighted by Crippen LogP contribution is -2.34. The predicted molar refractivity (Wildman–Crippen MR) is 78.7 cm³/mol. The zero-order valence-corrected chi connectivity index (χ0v) is 11.9. The van der Waals surface area contributed by atoms with E-state index in [1.54, 1.807) is 6.07 Å². The first kappa shape index (κ1) is 14.4. The summed E-state index contributed by atoms with van der Waals surface area (Å²) >= 11 is 5.96. The normalized spacial score (nSPS) is 10.5. The fourth-order valence-corrected chi connectivity index (χ4v) is 2.14. The minimum atomic E-state index is -0.106. The average Bonchev–Trinajstić information content (AvgIpc) is 2.77. The smallest absolute Gasteiger partial charge is 0.224 e. The highest BCUT2D eigenvalue weighted by atomic mass is 35.5. The van der Waals surface area contributed by atoms with Gasteiger partial charge in [0.1, 0.15) is 0 Å². The molecule has 2 rings (SSSR count). The predicted octanol–water partition coefficient (Wildman–Crippen LogP) is 1.62. The number of hydrogen-bond acceptors (Lipinski definition) is 2. The van der Waals surface area contributed by atoms with E-state index in [9.17, 15) is 9.59 Å². The molecule has 1 aromatic carbocycles. The van der Waals surface area contributed by atoms with E-state index in [1.807, 2.05) is 18.3 Å². The van der Waals surface area contributed by atoms with E-state index in [2.05, 4.69) is 15.6 Å². The lowest BCUT2D eigenvalue weighted by atomic mass is 10.1. The number of carbonyl (C=O) groups is 2. The molecule has 3 N–H and O–H groups in total. The monoisotopic (exact) mass is 293 g/mol. The van der Waals surface area contributed by atoms with Gasteiger partial charge in [0.05, 0.1) is 6.42 Å². The lowest BCUT2D eigenvalue weighted by Gasteiger charge is -2.05. The summed E-state index contributed by atoms with van der Waals surface area (Å²) in [6.45, 7) is 2.29. The summed E-state index contributed by atoms with van der Waals surface area (Å²) < 4.78 is 0. The molecule has 0 fully saturated rings. The summed E-state index contributed by atoms with van der Waals surface area (Å²) in [6, 6.07) is 5.53. The van der Waals surface area contributed by atoms with Gasteiger partial charge in [0.15, 0.2) is 0 Å². The Morgan fingerprint density at radius 2 is 2.00 bits per heavy atom. The summed E-state index contributed by atoms with van der Waals surface area (Å²) in [4.78, 5) is 25.6. The molecule has 0 aliphatic heterocycles. The number of rotatable bonds is 5. The van der Waals surface area contributed by atoms with Crippen molar-refractivity contribution in [1.29, 1.82) is 0 Å². The van der Waals surface area contributed by atoms with Crippen LogP contribution in [0.15, 0.2) is 24.4 Å². The molecule has 0 aliphatic rings. The van der Waals surface area contributed by atoms with Gasteiger partial charge in [-0.1, -0.05) is 11.6 Å². The third-order valence-electron chi connectivity index (χ3n) is 2.90. The molecule has 0 aliphatic carbocycles. The van der Waals surface area contributed by atoms with E-state index >= 15 is 0 Å². The van der Waals surface area contributed by atoms with Crippen molar-refractivity contribution in [3.05, 3.63) is 35.0 Å². The van der Waals surface area contributed by atoms with Crippen molar-refractivity contribution in [3.63, 3.8) is 0 Å². The Morgan fingerprint density at radius 3 is 2.75 bits per heavy atom. The Bertz CT molecular complexity index is 636. The van der Waals surface area contributed by atoms with Crippen molar-refractivity contribution in [1.82, 2.24) is 15.6 Å². The second-order valence-electron chi connectivity index (χ2n) is 4.51. The third-order valence-corrected chi connectivity index (χ3v) is 3.14. The highest BCUT2D eigenvalue weighted by Gasteiger charge is 2.08. The van der Waals surface area contributed by atoms with Crippen LogP contribution in [0.25, 0.3) is 10.9 Å². The number of nitrogens with one attached hydrogen (secondary N) is 3. The van der Waals surface area contributed by atoms with E-state index < -0.39 is 0 Å². The second kappa shape index (κ2) is 6.43. The molecule has 1 aromatic heterocycles. The van der Waals surface area contributed by atoms with Gasteiger partial charge >= 0.3 is 0 Å². The molecular weight excluding hydrogens is 278 g/mol. The molecule has 106 valence electrons. The number of fused-ring (bicyclic) bond motifs is 1. The molecule has 2 amide bonds. The molecule has 0 saturated carbocycles. The van der Waals surface area contributed by atoms with E-state index in [0.717, 1.165) is 16.5 Å². The van der Waals surface area contributed by atoms with Crippen LogP contribution in [0.3, 0.4) is 0 Å². The maximum atomic E-state index is 11.8. The van der Waals surface area contributed by atoms with Crippen molar-refractivity contribution in [2.45, 2.75) is 13.3 Å². The van der Waals surface area contributed by atoms with Crippen molar-refractivity contribution in [2.24, 2.45) is 0 Å². The fraction of sp³-hybridized carbons (Fsp3) is 0.286. The SMILES string of the molecule is CC(=O)NCCNC(=O)Cc1c[nH]c2ccc(Cl)cc12. The Morgan fingerprint density at radius 1 is 1.25 bits per heavy atom. The van der Waals surface area contributed by atoms with E-state index in [-0.39, 0.29) is 18.2 Å². The Hall–Kier alpha value is -2.01. The zero-order valence-electron chi connectivity index (χ0n) is 11.1. The summed E-state index contributed by atoms with van der Waals surface area (Å²) in [7, 11) is 0. The molecule has 0 unspecified atom stereocenters. The van der Waals surface area contributed by atoms with Crippen LogP contribution in [-0.2, 0) is 16.0 Å². The molecule has 5 nitrogen and oxygen atoms in total. The van der Waals surface area contributed by atoms with Crippen LogP contribution < -0.4 is 10.6 Å². The molecular formula is C14H16ClN3O2. The second-order valence-corrected chi connectivity index (χ2v) is 4.95. The van der Waals surface area contributed by atoms with Crippen molar-refractivity contribution < 1.29 is 9.59 Å². The Kier molecular flexibility index (Phi) is 4.63. The molecule has 6 heteroatoms. The van der Waals surface area contributed by atoms with Crippen molar-refractivity contribution in [2.75, 3.05) is 13.1 Å². The van der Waals surface area contributed by atoms with Crippen LogP contribution in [-0.4, -0.2) is 29.9 Å². The Balaban J connectivity index is 1.93. The molecule has 1 heterocycles. The number of aromatic amines is 1. The van der Waals surface area contributed by atoms with E-state index in [4.69, 9.17) is 11.6 Å². The third kappa shape index (κ3) is 3.74. The van der Waals surface area contributed by atoms with E-state index in [1.165, 1.54) is 6.92 Å². The number of amides is 2. The van der Waals surface area contributed by atoms with Gasteiger partial charge < -0.3 is 15.6 Å². The number of benzene rings is 1. The summed E-state index contributed by atoms with van der Waals surface area (Å²) in [5, 5.41) is 6.97. The van der Waals surface area contributed by atoms with Crippen LogP contribution >= 0.6 is 11.6 Å². The van der Waals surface area contributed by atoms with Gasteiger partial charge in [-0.2, -0.15) is 0 Å². The van der Waals surface area contributed by atoms with Gasteiger partial charge in [-0.3, -0.25) is 9.59 Å². The number of hydrogen-bond donors (Lipinski definition) is 3. The number of H-pyrrole nitrogens is 1. The van der Waals surface area contributed by atoms with Gasteiger partial charge in [-0.05, 0) is 23.8 Å². The van der Waals surface area contributed by atoms with Gasteiger partial charge in [0.25, 0.3) is 0 Å². The number of aromatic nitrogens is 1. The highest BCUT2D eigenvalue weighted by molar-refractivity contribution is 6.31. The molecule has 0 bridgehead atoms. The first-order valence-electron chi connectivity index (χ1n) is 6.33. The van der Waals surface area contributed by atoms with Gasteiger partial charge in [0, 0.05) is 42.1 Å². The maximum Gasteiger partial charge on any atom is 0.224 e. The van der Waals surface area contributed by atoms with Gasteiger partial charge in [-0.15, -0.1) is 0 Å². The summed E-state index contributed by atoms with van der Waals surface area (Å²) in [5.74, 6) is -0.193. The van der Waals surface area contributed by atoms with Crippen LogP contribution in [0.4, 0.5) is 0 Å². The van der Waals surface area contributed by atoms with Crippen LogP contribution in [0.5, 0.6) is 0 Å².